The summed E-state index contributed by atoms with van der Waals surface area (Å²) in [6, 6.07) is 17.4. The summed E-state index contributed by atoms with van der Waals surface area (Å²) < 4.78 is 0. The molecule has 2 rings (SSSR count). The van der Waals surface area contributed by atoms with E-state index in [0.29, 0.717) is 6.54 Å². The van der Waals surface area contributed by atoms with Gasteiger partial charge in [0.25, 0.3) is 5.91 Å². The third kappa shape index (κ3) is 3.88. The van der Waals surface area contributed by atoms with E-state index in [-0.39, 0.29) is 6.54 Å². The van der Waals surface area contributed by atoms with Gasteiger partial charge in [0.05, 0.1) is 0 Å². The fraction of sp³-hybridized carbons (Fsp3) is 0.188. The summed E-state index contributed by atoms with van der Waals surface area (Å²) in [6.45, 7) is 0.597. The predicted molar refractivity (Wildman–Crippen MR) is 81.5 cm³/mol. The van der Waals surface area contributed by atoms with E-state index in [1.165, 1.54) is 0 Å². The number of nitrogens with one attached hydrogen (secondary N) is 2. The molecule has 0 saturated carbocycles. The van der Waals surface area contributed by atoms with Gasteiger partial charge in [-0.05, 0) is 16.7 Å². The van der Waals surface area contributed by atoms with Crippen LogP contribution in [0, 0.1) is 0 Å². The number of hydrogen-bond acceptors (Lipinski definition) is 4. The average molecular weight is 285 g/mol. The minimum absolute atomic E-state index is 0.111. The molecule has 5 N–H and O–H groups in total. The van der Waals surface area contributed by atoms with Crippen LogP contribution in [0.1, 0.15) is 5.56 Å². The third-order valence-corrected chi connectivity index (χ3v) is 3.30. The molecule has 0 radical (unpaired) electrons. The van der Waals surface area contributed by atoms with Crippen LogP contribution >= 0.6 is 0 Å². The van der Waals surface area contributed by atoms with Crippen molar-refractivity contribution in [3.8, 4) is 11.1 Å². The second-order valence-electron chi connectivity index (χ2n) is 4.67. The van der Waals surface area contributed by atoms with E-state index in [4.69, 9.17) is 10.9 Å². The molecule has 1 atom stereocenters. The first-order valence-electron chi connectivity index (χ1n) is 6.77. The third-order valence-electron chi connectivity index (χ3n) is 3.30. The molecular weight excluding hydrogens is 266 g/mol. The van der Waals surface area contributed by atoms with Crippen molar-refractivity contribution in [3.63, 3.8) is 0 Å². The van der Waals surface area contributed by atoms with E-state index in [1.54, 1.807) is 5.48 Å². The van der Waals surface area contributed by atoms with Gasteiger partial charge in [0, 0.05) is 13.1 Å². The van der Waals surface area contributed by atoms with Crippen LogP contribution in [0.4, 0.5) is 0 Å². The van der Waals surface area contributed by atoms with Crippen molar-refractivity contribution >= 4 is 5.91 Å². The fourth-order valence-electron chi connectivity index (χ4n) is 2.17. The minimum atomic E-state index is -0.626. The lowest BCUT2D eigenvalue weighted by Crippen LogP contribution is -2.47. The molecule has 1 amide bonds. The van der Waals surface area contributed by atoms with E-state index in [2.05, 4.69) is 5.32 Å². The van der Waals surface area contributed by atoms with Crippen LogP contribution in [-0.4, -0.2) is 23.7 Å². The Morgan fingerprint density at radius 2 is 1.76 bits per heavy atom. The van der Waals surface area contributed by atoms with Crippen molar-refractivity contribution < 1.29 is 10.0 Å². The zero-order valence-electron chi connectivity index (χ0n) is 11.6. The van der Waals surface area contributed by atoms with Gasteiger partial charge < -0.3 is 11.1 Å². The monoisotopic (exact) mass is 285 g/mol. The van der Waals surface area contributed by atoms with Crippen molar-refractivity contribution in [1.82, 2.24) is 10.8 Å². The largest absolute Gasteiger partial charge is 0.328 e. The lowest BCUT2D eigenvalue weighted by atomic mass is 9.99. The number of rotatable bonds is 6. The maximum absolute atomic E-state index is 11.4. The number of carbonyl (C=O) groups excluding carboxylic acids is 1. The Balaban J connectivity index is 2.16. The maximum atomic E-state index is 11.4. The van der Waals surface area contributed by atoms with Crippen molar-refractivity contribution in [2.75, 3.05) is 6.54 Å². The van der Waals surface area contributed by atoms with Crippen LogP contribution in [0.5, 0.6) is 0 Å². The zero-order chi connectivity index (χ0) is 15.1. The molecule has 0 saturated heterocycles. The van der Waals surface area contributed by atoms with E-state index in [1.807, 2.05) is 54.6 Å². The molecule has 0 bridgehead atoms. The first-order chi connectivity index (χ1) is 10.3. The van der Waals surface area contributed by atoms with Gasteiger partial charge in [-0.25, -0.2) is 5.48 Å². The van der Waals surface area contributed by atoms with Crippen molar-refractivity contribution in [3.05, 3.63) is 60.2 Å². The van der Waals surface area contributed by atoms with Crippen molar-refractivity contribution in [2.45, 2.75) is 12.6 Å². The number of nitrogens with two attached hydrogens (primary N) is 1. The summed E-state index contributed by atoms with van der Waals surface area (Å²) in [5.74, 6) is -0.533. The zero-order valence-corrected chi connectivity index (χ0v) is 11.6. The SMILES string of the molecule is NC[C@H](NCc1ccccc1-c1ccccc1)C(=O)NO. The normalized spacial score (nSPS) is 11.9. The van der Waals surface area contributed by atoms with Crippen LogP contribution < -0.4 is 16.5 Å². The highest BCUT2D eigenvalue weighted by Gasteiger charge is 2.15. The first-order valence-corrected chi connectivity index (χ1v) is 6.77. The van der Waals surface area contributed by atoms with Gasteiger partial charge in [-0.3, -0.25) is 10.0 Å². The second-order valence-corrected chi connectivity index (χ2v) is 4.67. The van der Waals surface area contributed by atoms with E-state index in [0.717, 1.165) is 16.7 Å². The Labute approximate surface area is 123 Å². The minimum Gasteiger partial charge on any atom is -0.328 e. The number of hydroxylamine groups is 1. The first kappa shape index (κ1) is 15.2. The Morgan fingerprint density at radius 3 is 2.43 bits per heavy atom. The van der Waals surface area contributed by atoms with Crippen LogP contribution in [0.2, 0.25) is 0 Å². The van der Waals surface area contributed by atoms with Gasteiger partial charge in [0.15, 0.2) is 0 Å². The molecule has 21 heavy (non-hydrogen) atoms. The predicted octanol–water partition coefficient (Wildman–Crippen LogP) is 1.28. The molecule has 0 spiro atoms. The quantitative estimate of drug-likeness (QED) is 0.475. The summed E-state index contributed by atoms with van der Waals surface area (Å²) in [5, 5.41) is 11.7. The highest BCUT2D eigenvalue weighted by Crippen LogP contribution is 2.23. The molecule has 0 aliphatic carbocycles. The molecule has 0 aromatic heterocycles. The molecule has 5 heteroatoms. The summed E-state index contributed by atoms with van der Waals surface area (Å²) >= 11 is 0. The van der Waals surface area contributed by atoms with Gasteiger partial charge in [0.2, 0.25) is 0 Å². The Hall–Kier alpha value is -2.21. The molecule has 0 fully saturated rings. The fourth-order valence-corrected chi connectivity index (χ4v) is 2.17. The van der Waals surface area contributed by atoms with Gasteiger partial charge in [-0.1, -0.05) is 54.6 Å². The standard InChI is InChI=1S/C16H19N3O2/c17-10-15(16(20)19-21)18-11-13-8-4-5-9-14(13)12-6-2-1-3-7-12/h1-9,15,18,21H,10-11,17H2,(H,19,20)/t15-/m0/s1. The molecule has 110 valence electrons. The summed E-state index contributed by atoms with van der Waals surface area (Å²) in [7, 11) is 0. The smallest absolute Gasteiger partial charge is 0.261 e. The van der Waals surface area contributed by atoms with Gasteiger partial charge in [-0.15, -0.1) is 0 Å². The lowest BCUT2D eigenvalue weighted by molar-refractivity contribution is -0.131. The molecule has 0 aliphatic heterocycles. The molecule has 0 aliphatic rings. The molecule has 2 aromatic carbocycles. The number of hydrogen-bond donors (Lipinski definition) is 4. The Kier molecular flexibility index (Phi) is 5.45. The van der Waals surface area contributed by atoms with Crippen LogP contribution in [0.15, 0.2) is 54.6 Å². The number of benzene rings is 2. The summed E-state index contributed by atoms with van der Waals surface area (Å²) in [5.41, 5.74) is 10.4. The summed E-state index contributed by atoms with van der Waals surface area (Å²) in [4.78, 5) is 11.4. The van der Waals surface area contributed by atoms with Gasteiger partial charge >= 0.3 is 0 Å². The average Bonchev–Trinajstić information content (AvgIpc) is 2.56. The van der Waals surface area contributed by atoms with Gasteiger partial charge in [-0.2, -0.15) is 0 Å². The maximum Gasteiger partial charge on any atom is 0.261 e. The van der Waals surface area contributed by atoms with Crippen LogP contribution in [-0.2, 0) is 11.3 Å². The second kappa shape index (κ2) is 7.54. The van der Waals surface area contributed by atoms with Gasteiger partial charge in [0.1, 0.15) is 6.04 Å². The summed E-state index contributed by atoms with van der Waals surface area (Å²) in [6.07, 6.45) is 0. The number of amides is 1. The van der Waals surface area contributed by atoms with E-state index >= 15 is 0 Å². The van der Waals surface area contributed by atoms with Crippen molar-refractivity contribution in [1.29, 1.82) is 0 Å². The topological polar surface area (TPSA) is 87.4 Å². The Bertz CT molecular complexity index is 587. The molecule has 2 aromatic rings. The molecular formula is C16H19N3O2. The Morgan fingerprint density at radius 1 is 1.10 bits per heavy atom. The molecule has 0 unspecified atom stereocenters. The van der Waals surface area contributed by atoms with Crippen LogP contribution in [0.3, 0.4) is 0 Å². The molecule has 5 nitrogen and oxygen atoms in total. The van der Waals surface area contributed by atoms with Crippen molar-refractivity contribution in [2.24, 2.45) is 5.73 Å². The van der Waals surface area contributed by atoms with E-state index in [9.17, 15) is 4.79 Å². The highest BCUT2D eigenvalue weighted by molar-refractivity contribution is 5.80. The number of carbonyl (C=O) groups is 1. The van der Waals surface area contributed by atoms with Crippen LogP contribution in [0.25, 0.3) is 11.1 Å². The molecule has 0 heterocycles. The lowest BCUT2D eigenvalue weighted by Gasteiger charge is -2.16. The van der Waals surface area contributed by atoms with E-state index < -0.39 is 11.9 Å². The highest BCUT2D eigenvalue weighted by atomic mass is 16.5.